The molecule has 1 amide bonds. The van der Waals surface area contributed by atoms with Crippen LogP contribution in [0, 0.1) is 5.92 Å². The monoisotopic (exact) mass is 632 g/mol. The van der Waals surface area contributed by atoms with Crippen molar-refractivity contribution in [1.29, 1.82) is 0 Å². The number of carbonyl (C=O) groups excluding carboxylic acids is 1. The first-order chi connectivity index (χ1) is 22.4. The maximum Gasteiger partial charge on any atom is 0.495 e. The maximum absolute atomic E-state index is 13.4. The lowest BCUT2D eigenvalue weighted by Gasteiger charge is -2.34. The number of aromatic amines is 1. The number of carbonyl (C=O) groups is 1. The summed E-state index contributed by atoms with van der Waals surface area (Å²) in [7, 11) is -0.337. The molecule has 8 heteroatoms. The minimum atomic E-state index is -0.362. The number of piperidine rings is 1. The van der Waals surface area contributed by atoms with Crippen LogP contribution in [-0.4, -0.2) is 45.1 Å². The third-order valence-electron chi connectivity index (χ3n) is 12.8. The smallest absolute Gasteiger partial charge is 0.399 e. The van der Waals surface area contributed by atoms with Gasteiger partial charge in [0.05, 0.1) is 34.8 Å². The van der Waals surface area contributed by atoms with E-state index in [9.17, 15) is 4.79 Å². The van der Waals surface area contributed by atoms with Gasteiger partial charge in [-0.25, -0.2) is 4.98 Å². The van der Waals surface area contributed by atoms with Crippen molar-refractivity contribution in [3.8, 4) is 22.4 Å². The molecular weight excluding hydrogens is 583 g/mol. The largest absolute Gasteiger partial charge is 0.495 e. The second-order valence-corrected chi connectivity index (χ2v) is 16.2. The summed E-state index contributed by atoms with van der Waals surface area (Å²) in [5.74, 6) is 1.23. The molecule has 246 valence electrons. The molecule has 8 rings (SSSR count). The molecule has 2 saturated heterocycles. The highest BCUT2D eigenvalue weighted by atomic mass is 16.7. The van der Waals surface area contributed by atoms with E-state index in [1.54, 1.807) is 0 Å². The van der Waals surface area contributed by atoms with Crippen LogP contribution in [0.15, 0.2) is 53.9 Å². The summed E-state index contributed by atoms with van der Waals surface area (Å²) in [6.07, 6.45) is 12.5. The van der Waals surface area contributed by atoms with Crippen molar-refractivity contribution in [2.45, 2.75) is 128 Å². The van der Waals surface area contributed by atoms with Crippen molar-refractivity contribution in [3.63, 3.8) is 0 Å². The highest BCUT2D eigenvalue weighted by Gasteiger charge is 2.54. The molecule has 47 heavy (non-hydrogen) atoms. The van der Waals surface area contributed by atoms with Crippen LogP contribution >= 0.6 is 0 Å². The van der Waals surface area contributed by atoms with Gasteiger partial charge in [0.15, 0.2) is 0 Å². The van der Waals surface area contributed by atoms with Crippen LogP contribution in [0.5, 0.6) is 0 Å². The Hall–Kier alpha value is -3.36. The average molecular weight is 633 g/mol. The summed E-state index contributed by atoms with van der Waals surface area (Å²) in [6.45, 7) is 12.4. The Morgan fingerprint density at radius 2 is 1.64 bits per heavy atom. The van der Waals surface area contributed by atoms with E-state index in [0.29, 0.717) is 11.6 Å². The summed E-state index contributed by atoms with van der Waals surface area (Å²) >= 11 is 0. The molecule has 3 aromatic rings. The van der Waals surface area contributed by atoms with Crippen molar-refractivity contribution in [3.05, 3.63) is 70.8 Å². The van der Waals surface area contributed by atoms with Gasteiger partial charge in [-0.3, -0.25) is 4.79 Å². The predicted molar refractivity (Wildman–Crippen MR) is 187 cm³/mol. The molecule has 7 nitrogen and oxygen atoms in total. The number of nitrogens with one attached hydrogen (secondary N) is 1. The molecule has 2 saturated carbocycles. The number of hydrogen-bond acceptors (Lipinski definition) is 5. The first kappa shape index (κ1) is 30.9. The molecule has 3 heterocycles. The van der Waals surface area contributed by atoms with Crippen molar-refractivity contribution in [2.75, 3.05) is 0 Å². The highest BCUT2D eigenvalue weighted by molar-refractivity contribution is 6.62. The molecule has 3 N–H and O–H groups in total. The number of nitrogens with two attached hydrogens (primary N) is 1. The molecule has 1 aromatic heterocycles. The number of benzene rings is 2. The zero-order chi connectivity index (χ0) is 32.9. The van der Waals surface area contributed by atoms with E-state index >= 15 is 0 Å². The fourth-order valence-electron chi connectivity index (χ4n) is 9.46. The van der Waals surface area contributed by atoms with Gasteiger partial charge in [0.1, 0.15) is 5.82 Å². The van der Waals surface area contributed by atoms with Gasteiger partial charge in [0.2, 0.25) is 0 Å². The van der Waals surface area contributed by atoms with E-state index in [1.807, 2.05) is 24.9 Å². The Labute approximate surface area is 279 Å². The Bertz CT molecular complexity index is 1750. The summed E-state index contributed by atoms with van der Waals surface area (Å²) in [5, 5.41) is 0. The average Bonchev–Trinajstić information content (AvgIpc) is 3.90. The van der Waals surface area contributed by atoms with Gasteiger partial charge in [-0.15, -0.1) is 0 Å². The van der Waals surface area contributed by atoms with Crippen LogP contribution in [0.25, 0.3) is 22.4 Å². The highest BCUT2D eigenvalue weighted by Crippen LogP contribution is 2.54. The Balaban J connectivity index is 1.10. The molecular formula is C39H49BN4O3. The molecule has 3 unspecified atom stereocenters. The molecule has 0 radical (unpaired) electrons. The lowest BCUT2D eigenvalue weighted by atomic mass is 9.70. The van der Waals surface area contributed by atoms with E-state index < -0.39 is 0 Å². The van der Waals surface area contributed by atoms with Crippen molar-refractivity contribution in [2.24, 2.45) is 11.7 Å². The second kappa shape index (κ2) is 10.8. The van der Waals surface area contributed by atoms with E-state index in [0.717, 1.165) is 48.3 Å². The van der Waals surface area contributed by atoms with Crippen LogP contribution < -0.4 is 11.2 Å². The Morgan fingerprint density at radius 1 is 0.957 bits per heavy atom. The van der Waals surface area contributed by atoms with Crippen LogP contribution in [-0.2, 0) is 25.9 Å². The van der Waals surface area contributed by atoms with Gasteiger partial charge in [-0.1, -0.05) is 49.2 Å². The van der Waals surface area contributed by atoms with Crippen molar-refractivity contribution >= 4 is 18.5 Å². The zero-order valence-electron chi connectivity index (χ0n) is 28.9. The van der Waals surface area contributed by atoms with Gasteiger partial charge in [0, 0.05) is 6.04 Å². The minimum Gasteiger partial charge on any atom is -0.399 e. The SMILES string of the molecule is CC(C)=C(N)C(=O)N1C2CCC(C2)C1c1ncc(-c2ccc(-c3ccc(B4OC(C)(C)C(C)(C)O4)c4c3C3(CCCC3)CC4)cc2)[nH]1. The maximum atomic E-state index is 13.4. The third kappa shape index (κ3) is 4.76. The number of nitrogens with zero attached hydrogens (tertiary/aromatic N) is 2. The number of amides is 1. The summed E-state index contributed by atoms with van der Waals surface area (Å²) in [6, 6.07) is 13.7. The Morgan fingerprint density at radius 3 is 2.32 bits per heavy atom. The number of allylic oxidation sites excluding steroid dienone is 1. The lowest BCUT2D eigenvalue weighted by molar-refractivity contribution is -0.131. The minimum absolute atomic E-state index is 0.0541. The van der Waals surface area contributed by atoms with Crippen LogP contribution in [0.2, 0.25) is 0 Å². The number of likely N-dealkylation sites (tertiary alicyclic amines) is 1. The number of H-pyrrole nitrogens is 1. The van der Waals surface area contributed by atoms with E-state index in [1.165, 1.54) is 59.8 Å². The van der Waals surface area contributed by atoms with Gasteiger partial charge in [-0.2, -0.15) is 0 Å². The van der Waals surface area contributed by atoms with Gasteiger partial charge in [0.25, 0.3) is 5.91 Å². The van der Waals surface area contributed by atoms with Crippen LogP contribution in [0.1, 0.15) is 116 Å². The predicted octanol–water partition coefficient (Wildman–Crippen LogP) is 7.11. The van der Waals surface area contributed by atoms with Crippen LogP contribution in [0.4, 0.5) is 0 Å². The van der Waals surface area contributed by atoms with E-state index in [-0.39, 0.29) is 41.7 Å². The fourth-order valence-corrected chi connectivity index (χ4v) is 9.46. The first-order valence-corrected chi connectivity index (χ1v) is 17.8. The number of fused-ring (bicyclic) bond motifs is 4. The van der Waals surface area contributed by atoms with Gasteiger partial charge >= 0.3 is 7.12 Å². The quantitative estimate of drug-likeness (QED) is 0.231. The molecule has 2 bridgehead atoms. The molecule has 4 fully saturated rings. The first-order valence-electron chi connectivity index (χ1n) is 17.8. The van der Waals surface area contributed by atoms with E-state index in [2.05, 4.69) is 69.1 Å². The van der Waals surface area contributed by atoms with Crippen molar-refractivity contribution < 1.29 is 14.1 Å². The molecule has 2 aromatic carbocycles. The molecule has 5 aliphatic rings. The second-order valence-electron chi connectivity index (χ2n) is 16.2. The number of imidazole rings is 1. The zero-order valence-corrected chi connectivity index (χ0v) is 28.9. The van der Waals surface area contributed by atoms with Gasteiger partial charge < -0.3 is 24.9 Å². The normalized spacial score (nSPS) is 26.4. The summed E-state index contributed by atoms with van der Waals surface area (Å²) in [4.78, 5) is 23.9. The number of rotatable bonds is 5. The topological polar surface area (TPSA) is 93.5 Å². The van der Waals surface area contributed by atoms with Crippen molar-refractivity contribution in [1.82, 2.24) is 14.9 Å². The van der Waals surface area contributed by atoms with E-state index in [4.69, 9.17) is 20.0 Å². The number of hydrogen-bond donors (Lipinski definition) is 2. The van der Waals surface area contributed by atoms with Gasteiger partial charge in [-0.05, 0) is 137 Å². The Kier molecular flexibility index (Phi) is 7.13. The van der Waals surface area contributed by atoms with Crippen LogP contribution in [0.3, 0.4) is 0 Å². The standard InChI is InChI=1S/C39H49BN4O3/c1-23(2)33(41)36(45)44-27-14-13-26(21-27)34(44)35-42-22-31(43-35)25-11-9-24(10-12-25)28-15-16-30(40-46-37(3,4)38(5,6)47-40)29-17-20-39(32(28)29)18-7-8-19-39/h9-12,15-16,22,26-27,34H,7-8,13-14,17-21,41H2,1-6H3,(H,42,43). The fraction of sp³-hybridized carbons (Fsp3) is 0.538. The molecule has 2 aliphatic heterocycles. The summed E-state index contributed by atoms with van der Waals surface area (Å²) in [5.41, 5.74) is 15.9. The molecule has 3 aliphatic carbocycles. The number of aromatic nitrogens is 2. The lowest BCUT2D eigenvalue weighted by Crippen LogP contribution is -2.43. The molecule has 3 atom stereocenters. The summed E-state index contributed by atoms with van der Waals surface area (Å²) < 4.78 is 13.1. The third-order valence-corrected chi connectivity index (χ3v) is 12.8. The molecule has 1 spiro atoms.